The van der Waals surface area contributed by atoms with E-state index in [0.29, 0.717) is 17.0 Å². The molecule has 1 aliphatic carbocycles. The minimum atomic E-state index is 0.0555. The minimum Gasteiger partial charge on any atom is -0.353 e. The molecule has 2 aromatic heterocycles. The van der Waals surface area contributed by atoms with Crippen LogP contribution >= 0.6 is 11.8 Å². The van der Waals surface area contributed by atoms with Gasteiger partial charge in [-0.15, -0.1) is 10.2 Å². The molecule has 4 rings (SSSR count). The van der Waals surface area contributed by atoms with Crippen molar-refractivity contribution in [1.82, 2.24) is 25.1 Å². The maximum absolute atomic E-state index is 12.3. The van der Waals surface area contributed by atoms with Gasteiger partial charge < -0.3 is 5.32 Å². The summed E-state index contributed by atoms with van der Waals surface area (Å²) in [5.74, 6) is 1.12. The first-order valence-corrected chi connectivity index (χ1v) is 10.1. The van der Waals surface area contributed by atoms with Crippen LogP contribution in [0.15, 0.2) is 60.0 Å². The molecule has 3 aromatic rings. The number of hydrogen-bond acceptors (Lipinski definition) is 5. The average Bonchev–Trinajstić information content (AvgIpc) is 3.37. The summed E-state index contributed by atoms with van der Waals surface area (Å²) in [4.78, 5) is 16.4. The molecule has 0 spiro atoms. The second-order valence-corrected chi connectivity index (χ2v) is 7.49. The molecule has 27 heavy (non-hydrogen) atoms. The van der Waals surface area contributed by atoms with Gasteiger partial charge in [-0.3, -0.25) is 14.3 Å². The lowest BCUT2D eigenvalue weighted by Crippen LogP contribution is -2.33. The molecule has 0 aliphatic heterocycles. The van der Waals surface area contributed by atoms with Crippen molar-refractivity contribution in [2.75, 3.05) is 5.75 Å². The van der Waals surface area contributed by atoms with Gasteiger partial charge in [0.05, 0.1) is 5.75 Å². The van der Waals surface area contributed by atoms with E-state index in [1.165, 1.54) is 24.6 Å². The summed E-state index contributed by atoms with van der Waals surface area (Å²) in [5, 5.41) is 12.5. The molecule has 0 atom stereocenters. The number of nitrogens with one attached hydrogen (secondary N) is 1. The molecule has 1 N–H and O–H groups in total. The number of pyridine rings is 1. The molecule has 7 heteroatoms. The van der Waals surface area contributed by atoms with Gasteiger partial charge in [-0.1, -0.05) is 42.8 Å². The van der Waals surface area contributed by atoms with E-state index in [2.05, 4.69) is 20.5 Å². The molecule has 1 amide bonds. The number of aromatic nitrogens is 4. The molecule has 0 bridgehead atoms. The molecule has 2 heterocycles. The Labute approximate surface area is 162 Å². The molecular weight excluding hydrogens is 358 g/mol. The predicted octanol–water partition coefficient (Wildman–Crippen LogP) is 3.48. The Bertz CT molecular complexity index is 891. The highest BCUT2D eigenvalue weighted by Crippen LogP contribution is 2.27. The lowest BCUT2D eigenvalue weighted by atomic mass is 10.2. The van der Waals surface area contributed by atoms with Crippen molar-refractivity contribution >= 4 is 17.7 Å². The van der Waals surface area contributed by atoms with Crippen LogP contribution in [0.3, 0.4) is 0 Å². The van der Waals surface area contributed by atoms with Crippen LogP contribution < -0.4 is 5.32 Å². The number of rotatable bonds is 6. The first-order valence-electron chi connectivity index (χ1n) is 9.14. The summed E-state index contributed by atoms with van der Waals surface area (Å²) in [5.41, 5.74) is 1.90. The second kappa shape index (κ2) is 8.35. The number of amides is 1. The first-order chi connectivity index (χ1) is 13.3. The van der Waals surface area contributed by atoms with Crippen LogP contribution in [0.4, 0.5) is 0 Å². The molecule has 0 saturated heterocycles. The molecule has 1 fully saturated rings. The van der Waals surface area contributed by atoms with Gasteiger partial charge in [0.1, 0.15) is 0 Å². The largest absolute Gasteiger partial charge is 0.353 e. The number of carbonyl (C=O) groups excluding carboxylic acids is 1. The van der Waals surface area contributed by atoms with Crippen LogP contribution in [0.25, 0.3) is 17.1 Å². The normalized spacial score (nSPS) is 14.4. The molecule has 1 aromatic carbocycles. The van der Waals surface area contributed by atoms with Crippen molar-refractivity contribution in [3.8, 4) is 17.1 Å². The van der Waals surface area contributed by atoms with Gasteiger partial charge in [-0.25, -0.2) is 0 Å². The Balaban J connectivity index is 1.57. The maximum Gasteiger partial charge on any atom is 0.230 e. The number of thioether (sulfide) groups is 1. The Morgan fingerprint density at radius 2 is 1.81 bits per heavy atom. The van der Waals surface area contributed by atoms with Crippen molar-refractivity contribution in [2.24, 2.45) is 0 Å². The average molecular weight is 379 g/mol. The molecule has 6 nitrogen and oxygen atoms in total. The topological polar surface area (TPSA) is 72.7 Å². The van der Waals surface area contributed by atoms with Crippen molar-refractivity contribution in [1.29, 1.82) is 0 Å². The smallest absolute Gasteiger partial charge is 0.230 e. The number of benzene rings is 1. The van der Waals surface area contributed by atoms with Crippen LogP contribution in [0.1, 0.15) is 25.7 Å². The molecule has 0 radical (unpaired) electrons. The van der Waals surface area contributed by atoms with E-state index in [1.54, 1.807) is 12.4 Å². The van der Waals surface area contributed by atoms with Crippen molar-refractivity contribution in [3.63, 3.8) is 0 Å². The van der Waals surface area contributed by atoms with Crippen molar-refractivity contribution < 1.29 is 4.79 Å². The molecule has 0 unspecified atom stereocenters. The lowest BCUT2D eigenvalue weighted by Gasteiger charge is -2.12. The minimum absolute atomic E-state index is 0.0555. The Kier molecular flexibility index (Phi) is 5.48. The number of hydrogen-bond donors (Lipinski definition) is 1. The van der Waals surface area contributed by atoms with E-state index in [9.17, 15) is 4.79 Å². The second-order valence-electron chi connectivity index (χ2n) is 6.55. The van der Waals surface area contributed by atoms with E-state index >= 15 is 0 Å². The fourth-order valence-corrected chi connectivity index (χ4v) is 4.09. The highest BCUT2D eigenvalue weighted by Gasteiger charge is 2.20. The third kappa shape index (κ3) is 4.19. The van der Waals surface area contributed by atoms with Crippen LogP contribution in [-0.4, -0.2) is 37.5 Å². The van der Waals surface area contributed by atoms with Gasteiger partial charge >= 0.3 is 0 Å². The molecule has 1 aliphatic rings. The molecule has 138 valence electrons. The van der Waals surface area contributed by atoms with Gasteiger partial charge in [0, 0.05) is 29.7 Å². The zero-order valence-electron chi connectivity index (χ0n) is 14.9. The first kappa shape index (κ1) is 17.7. The van der Waals surface area contributed by atoms with Crippen LogP contribution in [0, 0.1) is 0 Å². The van der Waals surface area contributed by atoms with E-state index < -0.39 is 0 Å². The van der Waals surface area contributed by atoms with Crippen molar-refractivity contribution in [3.05, 3.63) is 54.9 Å². The summed E-state index contributed by atoms with van der Waals surface area (Å²) in [6, 6.07) is 14.1. The van der Waals surface area contributed by atoms with E-state index in [1.807, 2.05) is 47.0 Å². The Morgan fingerprint density at radius 1 is 1.07 bits per heavy atom. The summed E-state index contributed by atoms with van der Waals surface area (Å²) >= 11 is 1.41. The fraction of sp³-hybridized carbons (Fsp3) is 0.300. The fourth-order valence-electron chi connectivity index (χ4n) is 3.33. The SMILES string of the molecule is O=C(CSc1nnc(-c2ccncc2)n1-c1ccccc1)NC1CCCC1. The predicted molar refractivity (Wildman–Crippen MR) is 106 cm³/mol. The van der Waals surface area contributed by atoms with Crippen LogP contribution in [0.2, 0.25) is 0 Å². The number of nitrogens with zero attached hydrogens (tertiary/aromatic N) is 4. The number of para-hydroxylation sites is 1. The third-order valence-electron chi connectivity index (χ3n) is 4.64. The number of carbonyl (C=O) groups is 1. The van der Waals surface area contributed by atoms with Gasteiger partial charge in [0.2, 0.25) is 5.91 Å². The highest BCUT2D eigenvalue weighted by molar-refractivity contribution is 7.99. The summed E-state index contributed by atoms with van der Waals surface area (Å²) < 4.78 is 1.99. The van der Waals surface area contributed by atoms with E-state index in [4.69, 9.17) is 0 Å². The van der Waals surface area contributed by atoms with Gasteiger partial charge in [-0.2, -0.15) is 0 Å². The quantitative estimate of drug-likeness (QED) is 0.664. The standard InChI is InChI=1S/C20H21N5OS/c26-18(22-16-6-4-5-7-16)14-27-20-24-23-19(15-10-12-21-13-11-15)25(20)17-8-2-1-3-9-17/h1-3,8-13,16H,4-7,14H2,(H,22,26). The summed E-state index contributed by atoms with van der Waals surface area (Å²) in [7, 11) is 0. The van der Waals surface area contributed by atoms with Crippen molar-refractivity contribution in [2.45, 2.75) is 36.9 Å². The summed E-state index contributed by atoms with van der Waals surface area (Å²) in [6.45, 7) is 0. The maximum atomic E-state index is 12.3. The lowest BCUT2D eigenvalue weighted by molar-refractivity contribution is -0.119. The van der Waals surface area contributed by atoms with E-state index in [0.717, 1.165) is 29.9 Å². The van der Waals surface area contributed by atoms with Gasteiger partial charge in [0.25, 0.3) is 0 Å². The third-order valence-corrected chi connectivity index (χ3v) is 5.57. The monoisotopic (exact) mass is 379 g/mol. The van der Waals surface area contributed by atoms with Crippen LogP contribution in [0.5, 0.6) is 0 Å². The zero-order valence-corrected chi connectivity index (χ0v) is 15.7. The summed E-state index contributed by atoms with van der Waals surface area (Å²) in [6.07, 6.45) is 8.06. The Hall–Kier alpha value is -2.67. The highest BCUT2D eigenvalue weighted by atomic mass is 32.2. The Morgan fingerprint density at radius 3 is 2.56 bits per heavy atom. The van der Waals surface area contributed by atoms with Gasteiger partial charge in [0.15, 0.2) is 11.0 Å². The van der Waals surface area contributed by atoms with Crippen LogP contribution in [-0.2, 0) is 4.79 Å². The molecule has 1 saturated carbocycles. The van der Waals surface area contributed by atoms with E-state index in [-0.39, 0.29) is 5.91 Å². The van der Waals surface area contributed by atoms with Gasteiger partial charge in [-0.05, 0) is 37.1 Å². The molecular formula is C20H21N5OS. The zero-order chi connectivity index (χ0) is 18.5.